The van der Waals surface area contributed by atoms with E-state index >= 15 is 0 Å². The predicted octanol–water partition coefficient (Wildman–Crippen LogP) is 3.12. The van der Waals surface area contributed by atoms with E-state index in [1.165, 1.54) is 11.1 Å². The molecule has 0 aliphatic heterocycles. The number of para-hydroxylation sites is 1. The van der Waals surface area contributed by atoms with Crippen LogP contribution in [0.15, 0.2) is 48.5 Å². The van der Waals surface area contributed by atoms with Crippen LogP contribution in [0.25, 0.3) is 0 Å². The molecule has 2 heteroatoms. The second kappa shape index (κ2) is 5.69. The Labute approximate surface area is 109 Å². The number of aliphatic hydroxyl groups excluding tert-OH is 1. The van der Waals surface area contributed by atoms with Crippen molar-refractivity contribution in [2.45, 2.75) is 20.1 Å². The normalized spacial score (nSPS) is 10.4. The van der Waals surface area contributed by atoms with Crippen LogP contribution in [-0.4, -0.2) is 12.2 Å². The average Bonchev–Trinajstić information content (AvgIpc) is 2.38. The number of rotatable bonds is 4. The first-order valence-corrected chi connectivity index (χ1v) is 6.16. The summed E-state index contributed by atoms with van der Waals surface area (Å²) in [7, 11) is 2.05. The van der Waals surface area contributed by atoms with Crippen LogP contribution in [-0.2, 0) is 13.2 Å². The summed E-state index contributed by atoms with van der Waals surface area (Å²) < 4.78 is 0. The van der Waals surface area contributed by atoms with Crippen molar-refractivity contribution in [1.82, 2.24) is 0 Å². The predicted molar refractivity (Wildman–Crippen MR) is 75.7 cm³/mol. The second-order valence-electron chi connectivity index (χ2n) is 4.63. The molecule has 0 atom stereocenters. The number of aryl methyl sites for hydroxylation is 1. The number of anilines is 1. The lowest BCUT2D eigenvalue weighted by Crippen LogP contribution is -2.18. The Morgan fingerprint density at radius 2 is 1.83 bits per heavy atom. The van der Waals surface area contributed by atoms with Gasteiger partial charge in [0.25, 0.3) is 0 Å². The first-order chi connectivity index (χ1) is 8.70. The molecular formula is C16H19NO. The summed E-state index contributed by atoms with van der Waals surface area (Å²) in [6, 6.07) is 16.5. The second-order valence-corrected chi connectivity index (χ2v) is 4.63. The Kier molecular flexibility index (Phi) is 4.00. The molecular weight excluding hydrogens is 222 g/mol. The Bertz CT molecular complexity index is 522. The highest BCUT2D eigenvalue weighted by Crippen LogP contribution is 2.21. The quantitative estimate of drug-likeness (QED) is 0.889. The molecule has 0 fully saturated rings. The number of benzene rings is 2. The van der Waals surface area contributed by atoms with E-state index in [1.54, 1.807) is 0 Å². The summed E-state index contributed by atoms with van der Waals surface area (Å²) in [6.45, 7) is 3.03. The van der Waals surface area contributed by atoms with Gasteiger partial charge in [-0.1, -0.05) is 48.0 Å². The number of hydrogen-bond donors (Lipinski definition) is 1. The van der Waals surface area contributed by atoms with Crippen molar-refractivity contribution in [2.75, 3.05) is 11.9 Å². The molecule has 1 N–H and O–H groups in total. The summed E-state index contributed by atoms with van der Waals surface area (Å²) in [5, 5.41) is 9.35. The van der Waals surface area contributed by atoms with E-state index in [9.17, 15) is 5.11 Å². The molecule has 2 aromatic rings. The molecule has 0 saturated heterocycles. The van der Waals surface area contributed by atoms with Gasteiger partial charge in [-0.25, -0.2) is 0 Å². The van der Waals surface area contributed by atoms with Gasteiger partial charge < -0.3 is 10.0 Å². The van der Waals surface area contributed by atoms with Crippen molar-refractivity contribution in [2.24, 2.45) is 0 Å². The highest BCUT2D eigenvalue weighted by Gasteiger charge is 2.06. The maximum Gasteiger partial charge on any atom is 0.0702 e. The molecule has 2 rings (SSSR count). The highest BCUT2D eigenvalue weighted by molar-refractivity contribution is 5.53. The largest absolute Gasteiger partial charge is 0.392 e. The molecule has 0 aliphatic carbocycles. The Morgan fingerprint density at radius 3 is 2.56 bits per heavy atom. The van der Waals surface area contributed by atoms with Gasteiger partial charge in [0, 0.05) is 24.8 Å². The average molecular weight is 241 g/mol. The van der Waals surface area contributed by atoms with Gasteiger partial charge in [-0.15, -0.1) is 0 Å². The maximum atomic E-state index is 9.35. The summed E-state index contributed by atoms with van der Waals surface area (Å²) in [5.74, 6) is 0. The molecule has 0 heterocycles. The van der Waals surface area contributed by atoms with E-state index < -0.39 is 0 Å². The van der Waals surface area contributed by atoms with Crippen LogP contribution >= 0.6 is 0 Å². The van der Waals surface area contributed by atoms with Gasteiger partial charge in [-0.3, -0.25) is 0 Å². The van der Waals surface area contributed by atoms with Crippen LogP contribution < -0.4 is 4.90 Å². The lowest BCUT2D eigenvalue weighted by atomic mass is 10.1. The van der Waals surface area contributed by atoms with Crippen LogP contribution in [0.3, 0.4) is 0 Å². The molecule has 0 saturated carbocycles. The zero-order valence-corrected chi connectivity index (χ0v) is 10.9. The first-order valence-electron chi connectivity index (χ1n) is 6.16. The van der Waals surface area contributed by atoms with Gasteiger partial charge in [0.05, 0.1) is 6.61 Å². The number of nitrogens with zero attached hydrogens (tertiary/aromatic N) is 1. The van der Waals surface area contributed by atoms with Gasteiger partial charge >= 0.3 is 0 Å². The fraction of sp³-hybridized carbons (Fsp3) is 0.250. The van der Waals surface area contributed by atoms with Crippen molar-refractivity contribution >= 4 is 5.69 Å². The Hall–Kier alpha value is -1.80. The van der Waals surface area contributed by atoms with Crippen molar-refractivity contribution in [1.29, 1.82) is 0 Å². The molecule has 0 bridgehead atoms. The highest BCUT2D eigenvalue weighted by atomic mass is 16.3. The van der Waals surface area contributed by atoms with Crippen molar-refractivity contribution in [3.05, 3.63) is 65.2 Å². The molecule has 0 aromatic heterocycles. The Balaban J connectivity index is 2.19. The Morgan fingerprint density at radius 1 is 1.06 bits per heavy atom. The van der Waals surface area contributed by atoms with Crippen molar-refractivity contribution in [3.63, 3.8) is 0 Å². The van der Waals surface area contributed by atoms with Crippen LogP contribution in [0.4, 0.5) is 5.69 Å². The standard InChI is InChI=1S/C16H19NO/c1-13-6-5-7-14(10-13)11-17(2)16-9-4-3-8-15(16)12-18/h3-10,18H,11-12H2,1-2H3. The fourth-order valence-electron chi connectivity index (χ4n) is 2.19. The third-order valence-corrected chi connectivity index (χ3v) is 3.08. The molecule has 0 amide bonds. The van der Waals surface area contributed by atoms with Crippen molar-refractivity contribution < 1.29 is 5.11 Å². The third-order valence-electron chi connectivity index (χ3n) is 3.08. The molecule has 2 nitrogen and oxygen atoms in total. The van der Waals surface area contributed by atoms with Gasteiger partial charge in [-0.2, -0.15) is 0 Å². The van der Waals surface area contributed by atoms with E-state index in [0.717, 1.165) is 17.8 Å². The molecule has 0 spiro atoms. The van der Waals surface area contributed by atoms with E-state index in [4.69, 9.17) is 0 Å². The molecule has 94 valence electrons. The third kappa shape index (κ3) is 2.90. The molecule has 0 radical (unpaired) electrons. The number of aliphatic hydroxyl groups is 1. The van der Waals surface area contributed by atoms with Gasteiger partial charge in [-0.05, 0) is 18.6 Å². The van der Waals surface area contributed by atoms with E-state index in [-0.39, 0.29) is 6.61 Å². The lowest BCUT2D eigenvalue weighted by Gasteiger charge is -2.22. The first kappa shape index (κ1) is 12.7. The van der Waals surface area contributed by atoms with Crippen LogP contribution in [0.2, 0.25) is 0 Å². The molecule has 18 heavy (non-hydrogen) atoms. The van der Waals surface area contributed by atoms with Gasteiger partial charge in [0.1, 0.15) is 0 Å². The van der Waals surface area contributed by atoms with Crippen LogP contribution in [0.1, 0.15) is 16.7 Å². The summed E-state index contributed by atoms with van der Waals surface area (Å²) in [4.78, 5) is 2.17. The van der Waals surface area contributed by atoms with Crippen LogP contribution in [0, 0.1) is 6.92 Å². The molecule has 0 aliphatic rings. The molecule has 2 aromatic carbocycles. The number of hydrogen-bond acceptors (Lipinski definition) is 2. The summed E-state index contributed by atoms with van der Waals surface area (Å²) in [6.07, 6.45) is 0. The van der Waals surface area contributed by atoms with E-state index in [0.29, 0.717) is 0 Å². The lowest BCUT2D eigenvalue weighted by molar-refractivity contribution is 0.282. The SMILES string of the molecule is Cc1cccc(CN(C)c2ccccc2CO)c1. The molecule has 0 unspecified atom stereocenters. The van der Waals surface area contributed by atoms with Gasteiger partial charge in [0.2, 0.25) is 0 Å². The van der Waals surface area contributed by atoms with Crippen molar-refractivity contribution in [3.8, 4) is 0 Å². The summed E-state index contributed by atoms with van der Waals surface area (Å²) >= 11 is 0. The maximum absolute atomic E-state index is 9.35. The zero-order chi connectivity index (χ0) is 13.0. The smallest absolute Gasteiger partial charge is 0.0702 e. The van der Waals surface area contributed by atoms with E-state index in [1.807, 2.05) is 24.3 Å². The topological polar surface area (TPSA) is 23.5 Å². The minimum Gasteiger partial charge on any atom is -0.392 e. The fourth-order valence-corrected chi connectivity index (χ4v) is 2.19. The monoisotopic (exact) mass is 241 g/mol. The summed E-state index contributed by atoms with van der Waals surface area (Å²) in [5.41, 5.74) is 4.61. The van der Waals surface area contributed by atoms with Crippen LogP contribution in [0.5, 0.6) is 0 Å². The van der Waals surface area contributed by atoms with E-state index in [2.05, 4.69) is 43.1 Å². The van der Waals surface area contributed by atoms with Gasteiger partial charge in [0.15, 0.2) is 0 Å². The zero-order valence-electron chi connectivity index (χ0n) is 10.9. The minimum atomic E-state index is 0.0777. The minimum absolute atomic E-state index is 0.0777.